The number of hydrogen-bond acceptors (Lipinski definition) is 5. The second-order valence-corrected chi connectivity index (χ2v) is 8.50. The molecule has 0 amide bonds. The Kier molecular flexibility index (Phi) is 7.59. The molecule has 0 N–H and O–H groups in total. The molecular formula is C18H22ClNO2S2. The van der Waals surface area contributed by atoms with Crippen molar-refractivity contribution < 1.29 is 9.15 Å². The highest BCUT2D eigenvalue weighted by Crippen LogP contribution is 2.33. The number of hydrogen-bond donors (Lipinski definition) is 0. The van der Waals surface area contributed by atoms with E-state index < -0.39 is 0 Å². The summed E-state index contributed by atoms with van der Waals surface area (Å²) in [5.74, 6) is 2.13. The van der Waals surface area contributed by atoms with Crippen molar-refractivity contribution in [3.63, 3.8) is 0 Å². The molecule has 6 heteroatoms. The largest absolute Gasteiger partial charge is 0.492 e. The van der Waals surface area contributed by atoms with Crippen LogP contribution in [0.1, 0.15) is 31.6 Å². The van der Waals surface area contributed by atoms with Gasteiger partial charge >= 0.3 is 0 Å². The Balaban J connectivity index is 2.24. The van der Waals surface area contributed by atoms with Crippen LogP contribution < -0.4 is 4.74 Å². The summed E-state index contributed by atoms with van der Waals surface area (Å²) in [7, 11) is 3.26. The van der Waals surface area contributed by atoms with Crippen molar-refractivity contribution in [3.05, 3.63) is 46.9 Å². The average Bonchev–Trinajstić information content (AvgIpc) is 2.95. The average molecular weight is 384 g/mol. The van der Waals surface area contributed by atoms with Crippen LogP contribution in [0.25, 0.3) is 0 Å². The maximum atomic E-state index is 6.24. The van der Waals surface area contributed by atoms with Gasteiger partial charge in [-0.2, -0.15) is 0 Å². The maximum Gasteiger partial charge on any atom is 0.140 e. The zero-order chi connectivity index (χ0) is 17.5. The molecule has 0 atom stereocenters. The van der Waals surface area contributed by atoms with Crippen molar-refractivity contribution >= 4 is 43.9 Å². The second kappa shape index (κ2) is 9.44. The van der Waals surface area contributed by atoms with Gasteiger partial charge < -0.3 is 9.15 Å². The minimum absolute atomic E-state index is 0.596. The number of aryl methyl sites for hydroxylation is 1. The van der Waals surface area contributed by atoms with Crippen LogP contribution in [0.2, 0.25) is 5.02 Å². The Morgan fingerprint density at radius 1 is 1.33 bits per heavy atom. The van der Waals surface area contributed by atoms with Crippen LogP contribution in [0.5, 0.6) is 5.75 Å². The van der Waals surface area contributed by atoms with E-state index in [0.717, 1.165) is 28.5 Å². The Morgan fingerprint density at radius 3 is 2.75 bits per heavy atom. The summed E-state index contributed by atoms with van der Waals surface area (Å²) in [6, 6.07) is 7.55. The van der Waals surface area contributed by atoms with E-state index in [9.17, 15) is 0 Å². The monoisotopic (exact) mass is 383 g/mol. The van der Waals surface area contributed by atoms with Crippen LogP contribution in [0, 0.1) is 12.8 Å². The Hall–Kier alpha value is -1.04. The summed E-state index contributed by atoms with van der Waals surface area (Å²) in [5.41, 5.74) is 1.82. The lowest BCUT2D eigenvalue weighted by Crippen LogP contribution is -2.01. The lowest BCUT2D eigenvalue weighted by atomic mass is 10.1. The lowest BCUT2D eigenvalue weighted by Gasteiger charge is -2.10. The van der Waals surface area contributed by atoms with Gasteiger partial charge in [0.05, 0.1) is 23.6 Å². The van der Waals surface area contributed by atoms with Crippen molar-refractivity contribution in [3.8, 4) is 5.75 Å². The van der Waals surface area contributed by atoms with E-state index in [1.807, 2.05) is 37.4 Å². The molecule has 1 heterocycles. The topological polar surface area (TPSA) is 34.7 Å². The molecule has 130 valence electrons. The molecule has 0 bridgehead atoms. The molecule has 0 radical (unpaired) electrons. The Labute approximate surface area is 156 Å². The molecule has 0 saturated heterocycles. The van der Waals surface area contributed by atoms with Crippen LogP contribution >= 0.6 is 33.2 Å². The van der Waals surface area contributed by atoms with Crippen LogP contribution in [0.15, 0.2) is 39.9 Å². The number of rotatable bonds is 7. The summed E-state index contributed by atoms with van der Waals surface area (Å²) < 4.78 is 11.2. The SMILES string of the molecule is CSSC(=Nc1ccc(Cl)c(OCCC(C)C)c1)c1ccoc1C. The van der Waals surface area contributed by atoms with Gasteiger partial charge in [0, 0.05) is 11.6 Å². The molecule has 3 nitrogen and oxygen atoms in total. The van der Waals surface area contributed by atoms with E-state index in [4.69, 9.17) is 25.7 Å². The van der Waals surface area contributed by atoms with Crippen LogP contribution in [0.3, 0.4) is 0 Å². The number of halogens is 1. The van der Waals surface area contributed by atoms with Crippen LogP contribution in [-0.4, -0.2) is 17.9 Å². The van der Waals surface area contributed by atoms with E-state index in [1.54, 1.807) is 27.9 Å². The van der Waals surface area contributed by atoms with E-state index in [0.29, 0.717) is 23.3 Å². The van der Waals surface area contributed by atoms with E-state index in [-0.39, 0.29) is 0 Å². The first-order chi connectivity index (χ1) is 11.5. The highest BCUT2D eigenvalue weighted by atomic mass is 35.5. The third-order valence-electron chi connectivity index (χ3n) is 3.35. The first kappa shape index (κ1) is 19.3. The lowest BCUT2D eigenvalue weighted by molar-refractivity contribution is 0.290. The summed E-state index contributed by atoms with van der Waals surface area (Å²) in [6.45, 7) is 6.93. The summed E-state index contributed by atoms with van der Waals surface area (Å²) in [5, 5.41) is 1.51. The first-order valence-electron chi connectivity index (χ1n) is 7.77. The fourth-order valence-corrected chi connectivity index (χ4v) is 3.63. The molecule has 0 aliphatic heterocycles. The zero-order valence-electron chi connectivity index (χ0n) is 14.3. The van der Waals surface area contributed by atoms with Gasteiger partial charge in [-0.05, 0) is 54.5 Å². The normalized spacial score (nSPS) is 12.0. The standard InChI is InChI=1S/C18H22ClNO2S2/c1-12(2)7-9-22-17-11-14(5-6-16(17)19)20-18(24-23-4)15-8-10-21-13(15)3/h5-6,8,10-12H,7,9H2,1-4H3. The predicted octanol–water partition coefficient (Wildman–Crippen LogP) is 6.76. The second-order valence-electron chi connectivity index (χ2n) is 5.70. The quantitative estimate of drug-likeness (QED) is 0.300. The van der Waals surface area contributed by atoms with Gasteiger partial charge in [0.1, 0.15) is 16.6 Å². The van der Waals surface area contributed by atoms with E-state index in [1.165, 1.54) is 0 Å². The van der Waals surface area contributed by atoms with Crippen molar-refractivity contribution in [1.82, 2.24) is 0 Å². The van der Waals surface area contributed by atoms with Gasteiger partial charge in [0.25, 0.3) is 0 Å². The summed E-state index contributed by atoms with van der Waals surface area (Å²) in [4.78, 5) is 4.76. The Bertz CT molecular complexity index is 698. The molecule has 1 aromatic heterocycles. The van der Waals surface area contributed by atoms with Crippen molar-refractivity contribution in [1.29, 1.82) is 0 Å². The number of aliphatic imine (C=N–C) groups is 1. The van der Waals surface area contributed by atoms with Gasteiger partial charge in [0.15, 0.2) is 0 Å². The molecule has 0 spiro atoms. The highest BCUT2D eigenvalue weighted by Gasteiger charge is 2.11. The summed E-state index contributed by atoms with van der Waals surface area (Å²) in [6.07, 6.45) is 4.70. The minimum Gasteiger partial charge on any atom is -0.492 e. The molecular weight excluding hydrogens is 362 g/mol. The fourth-order valence-electron chi connectivity index (χ4n) is 2.00. The first-order valence-corrected chi connectivity index (χ1v) is 10.7. The molecule has 0 fully saturated rings. The summed E-state index contributed by atoms with van der Waals surface area (Å²) >= 11 is 6.24. The van der Waals surface area contributed by atoms with Gasteiger partial charge in [-0.15, -0.1) is 0 Å². The van der Waals surface area contributed by atoms with Gasteiger partial charge in [0.2, 0.25) is 0 Å². The molecule has 0 saturated carbocycles. The molecule has 2 aromatic rings. The van der Waals surface area contributed by atoms with Crippen molar-refractivity contribution in [2.24, 2.45) is 10.9 Å². The van der Waals surface area contributed by atoms with Crippen LogP contribution in [-0.2, 0) is 0 Å². The maximum absolute atomic E-state index is 6.24. The molecule has 0 aliphatic rings. The van der Waals surface area contributed by atoms with Gasteiger partial charge in [-0.3, -0.25) is 0 Å². The smallest absolute Gasteiger partial charge is 0.140 e. The van der Waals surface area contributed by atoms with Crippen molar-refractivity contribution in [2.75, 3.05) is 12.9 Å². The fraction of sp³-hybridized carbons (Fsp3) is 0.389. The number of ether oxygens (including phenoxy) is 1. The molecule has 0 aliphatic carbocycles. The third kappa shape index (κ3) is 5.50. The predicted molar refractivity (Wildman–Crippen MR) is 107 cm³/mol. The van der Waals surface area contributed by atoms with E-state index in [2.05, 4.69) is 13.8 Å². The molecule has 2 rings (SSSR count). The highest BCUT2D eigenvalue weighted by molar-refractivity contribution is 8.82. The molecule has 24 heavy (non-hydrogen) atoms. The Morgan fingerprint density at radius 2 is 2.12 bits per heavy atom. The van der Waals surface area contributed by atoms with Crippen LogP contribution in [0.4, 0.5) is 5.69 Å². The third-order valence-corrected chi connectivity index (χ3v) is 5.27. The number of furan rings is 1. The molecule has 1 aromatic carbocycles. The van der Waals surface area contributed by atoms with Crippen molar-refractivity contribution in [2.45, 2.75) is 27.2 Å². The van der Waals surface area contributed by atoms with Gasteiger partial charge in [-0.1, -0.05) is 36.2 Å². The molecule has 0 unspecified atom stereocenters. The number of benzene rings is 1. The van der Waals surface area contributed by atoms with E-state index >= 15 is 0 Å². The minimum atomic E-state index is 0.596. The number of nitrogens with zero attached hydrogens (tertiary/aromatic N) is 1. The van der Waals surface area contributed by atoms with Gasteiger partial charge in [-0.25, -0.2) is 4.99 Å². The zero-order valence-corrected chi connectivity index (χ0v) is 16.7.